The van der Waals surface area contributed by atoms with E-state index in [0.717, 1.165) is 41.8 Å². The van der Waals surface area contributed by atoms with E-state index in [0.29, 0.717) is 37.1 Å². The molecule has 2 saturated heterocycles. The molecule has 3 fully saturated rings. The number of thiocarbonyl (C=S) groups is 1. The van der Waals surface area contributed by atoms with E-state index in [2.05, 4.69) is 4.98 Å². The van der Waals surface area contributed by atoms with Gasteiger partial charge in [-0.2, -0.15) is 23.5 Å². The molecule has 4 heterocycles. The van der Waals surface area contributed by atoms with E-state index >= 15 is 0 Å². The van der Waals surface area contributed by atoms with Crippen molar-refractivity contribution in [3.8, 4) is 6.07 Å². The molecular weight excluding hydrogens is 543 g/mol. The maximum absolute atomic E-state index is 13.7. The van der Waals surface area contributed by atoms with Crippen LogP contribution in [-0.2, 0) is 15.8 Å². The largest absolute Gasteiger partial charge is 0.419 e. The number of nitrogens with zero attached hydrogens (tertiary/aromatic N) is 7. The van der Waals surface area contributed by atoms with Crippen LogP contribution in [0.2, 0.25) is 0 Å². The number of carbonyl (C=O) groups excluding carboxylic acids is 2. The Kier molecular flexibility index (Phi) is 6.06. The summed E-state index contributed by atoms with van der Waals surface area (Å²) in [6, 6.07) is 7.95. The summed E-state index contributed by atoms with van der Waals surface area (Å²) in [5.74, 6) is -0.346. The number of amides is 2. The van der Waals surface area contributed by atoms with Crippen LogP contribution in [0, 0.1) is 11.3 Å². The zero-order valence-electron chi connectivity index (χ0n) is 21.5. The number of likely N-dealkylation sites (tertiary alicyclic amines) is 1. The van der Waals surface area contributed by atoms with Gasteiger partial charge in [0.25, 0.3) is 5.91 Å². The molecule has 0 N–H and O–H groups in total. The number of fused-ring (bicyclic) bond motifs is 1. The molecule has 0 radical (unpaired) electrons. The predicted octanol–water partition coefficient (Wildman–Crippen LogP) is 4.57. The fraction of sp³-hybridized carbons (Fsp3) is 0.407. The van der Waals surface area contributed by atoms with Gasteiger partial charge < -0.3 is 9.80 Å². The number of hydrogen-bond acceptors (Lipinski definition) is 6. The van der Waals surface area contributed by atoms with Crippen LogP contribution in [0.4, 0.5) is 24.5 Å². The lowest BCUT2D eigenvalue weighted by Gasteiger charge is -2.43. The van der Waals surface area contributed by atoms with E-state index < -0.39 is 28.9 Å². The number of pyridine rings is 1. The van der Waals surface area contributed by atoms with Gasteiger partial charge >= 0.3 is 6.18 Å². The maximum Gasteiger partial charge on any atom is 0.419 e. The number of benzene rings is 1. The van der Waals surface area contributed by atoms with Gasteiger partial charge in [-0.25, -0.2) is 4.98 Å². The van der Waals surface area contributed by atoms with E-state index in [1.54, 1.807) is 11.8 Å². The van der Waals surface area contributed by atoms with Gasteiger partial charge in [-0.3, -0.25) is 19.2 Å². The van der Waals surface area contributed by atoms with Crippen molar-refractivity contribution in [2.75, 3.05) is 22.9 Å². The molecule has 1 aromatic carbocycles. The lowest BCUT2D eigenvalue weighted by molar-refractivity contribution is -0.138. The molecule has 1 aliphatic carbocycles. The highest BCUT2D eigenvalue weighted by Crippen LogP contribution is 2.48. The number of carbonyl (C=O) groups is 2. The molecule has 1 spiro atoms. The molecule has 0 unspecified atom stereocenters. The number of hydrogen-bond donors (Lipinski definition) is 0. The first-order valence-electron chi connectivity index (χ1n) is 12.9. The fourth-order valence-corrected chi connectivity index (χ4v) is 6.35. The Morgan fingerprint density at radius 2 is 1.90 bits per heavy atom. The molecule has 0 atom stereocenters. The molecule has 3 aromatic rings. The van der Waals surface area contributed by atoms with Crippen molar-refractivity contribution < 1.29 is 22.8 Å². The summed E-state index contributed by atoms with van der Waals surface area (Å²) < 4.78 is 42.9. The van der Waals surface area contributed by atoms with Crippen molar-refractivity contribution in [2.45, 2.75) is 56.8 Å². The summed E-state index contributed by atoms with van der Waals surface area (Å²) in [6.45, 7) is 2.91. The van der Waals surface area contributed by atoms with Crippen LogP contribution < -0.4 is 9.80 Å². The summed E-state index contributed by atoms with van der Waals surface area (Å²) in [6.07, 6.45) is 1.58. The molecule has 2 aromatic heterocycles. The van der Waals surface area contributed by atoms with Crippen LogP contribution in [0.15, 0.2) is 36.7 Å². The molecule has 9 nitrogen and oxygen atoms in total. The van der Waals surface area contributed by atoms with Crippen molar-refractivity contribution >= 4 is 51.4 Å². The minimum Gasteiger partial charge on any atom is -0.343 e. The van der Waals surface area contributed by atoms with Crippen molar-refractivity contribution in [1.82, 2.24) is 19.7 Å². The van der Waals surface area contributed by atoms with Crippen LogP contribution in [0.25, 0.3) is 10.9 Å². The highest BCUT2D eigenvalue weighted by atomic mass is 32.1. The molecule has 3 aliphatic rings. The quantitative estimate of drug-likeness (QED) is 0.428. The number of nitriles is 1. The van der Waals surface area contributed by atoms with Gasteiger partial charge in [-0.15, -0.1) is 0 Å². The zero-order valence-corrected chi connectivity index (χ0v) is 22.3. The standard InChI is InChI=1S/C27H24F3N7O2S/c1-16(38)34-9-5-18(6-10-34)35-15-17-3-4-19(12-22(17)33-35)37-25(40)36(24(39)26(37)7-2-8-26)20-11-21(27(28,29)30)23(13-31)32-14-20/h3-4,11-12,14-15,18H,2,5-10H2,1H3. The number of alkyl halides is 3. The minimum atomic E-state index is -4.82. The number of piperidine rings is 1. The van der Waals surface area contributed by atoms with Crippen LogP contribution in [0.3, 0.4) is 0 Å². The second kappa shape index (κ2) is 9.26. The SMILES string of the molecule is CC(=O)N1CCC(n2cc3ccc(N4C(=S)N(c5cnc(C#N)c(C(F)(F)F)c5)C(=O)C45CCC5)cc3n2)CC1. The summed E-state index contributed by atoms with van der Waals surface area (Å²) in [7, 11) is 0. The first-order chi connectivity index (χ1) is 19.0. The van der Waals surface area contributed by atoms with E-state index in [9.17, 15) is 22.8 Å². The van der Waals surface area contributed by atoms with Crippen molar-refractivity contribution in [3.05, 3.63) is 47.9 Å². The maximum atomic E-state index is 13.7. The summed E-state index contributed by atoms with van der Waals surface area (Å²) in [5, 5.41) is 14.9. The van der Waals surface area contributed by atoms with Crippen LogP contribution in [-0.4, -0.2) is 55.2 Å². The molecule has 40 heavy (non-hydrogen) atoms. The smallest absolute Gasteiger partial charge is 0.343 e. The molecular formula is C27H24F3N7O2S. The van der Waals surface area contributed by atoms with Crippen LogP contribution >= 0.6 is 12.2 Å². The monoisotopic (exact) mass is 567 g/mol. The third-order valence-corrected chi connectivity index (χ3v) is 8.55. The van der Waals surface area contributed by atoms with E-state index in [-0.39, 0.29) is 22.7 Å². The van der Waals surface area contributed by atoms with E-state index in [1.807, 2.05) is 34.0 Å². The summed E-state index contributed by atoms with van der Waals surface area (Å²) in [5.41, 5.74) is -1.78. The van der Waals surface area contributed by atoms with Crippen molar-refractivity contribution in [1.29, 1.82) is 5.26 Å². The first kappa shape index (κ1) is 26.2. The van der Waals surface area contributed by atoms with Gasteiger partial charge in [0.1, 0.15) is 11.6 Å². The molecule has 206 valence electrons. The molecule has 2 aliphatic heterocycles. The molecule has 0 bridgehead atoms. The van der Waals surface area contributed by atoms with E-state index in [1.165, 1.54) is 6.07 Å². The second-order valence-electron chi connectivity index (χ2n) is 10.4. The molecule has 13 heteroatoms. The lowest BCUT2D eigenvalue weighted by atomic mass is 9.75. The predicted molar refractivity (Wildman–Crippen MR) is 143 cm³/mol. The normalized spacial score (nSPS) is 19.4. The Balaban J connectivity index is 1.34. The number of aromatic nitrogens is 3. The number of rotatable bonds is 3. The summed E-state index contributed by atoms with van der Waals surface area (Å²) >= 11 is 5.71. The average molecular weight is 568 g/mol. The highest BCUT2D eigenvalue weighted by Gasteiger charge is 2.59. The van der Waals surface area contributed by atoms with Crippen LogP contribution in [0.1, 0.15) is 56.3 Å². The van der Waals surface area contributed by atoms with Gasteiger partial charge in [0.15, 0.2) is 10.8 Å². The molecule has 6 rings (SSSR count). The fourth-order valence-electron chi connectivity index (χ4n) is 5.88. The van der Waals surface area contributed by atoms with Gasteiger partial charge in [-0.1, -0.05) is 0 Å². The zero-order chi connectivity index (χ0) is 28.4. The number of halogens is 3. The van der Waals surface area contributed by atoms with Gasteiger partial charge in [0.2, 0.25) is 5.91 Å². The first-order valence-corrected chi connectivity index (χ1v) is 13.3. The Bertz CT molecular complexity index is 1600. The Labute approximate surface area is 232 Å². The van der Waals surface area contributed by atoms with Crippen molar-refractivity contribution in [3.63, 3.8) is 0 Å². The topological polar surface area (TPSA) is 98.4 Å². The summed E-state index contributed by atoms with van der Waals surface area (Å²) in [4.78, 5) is 33.8. The van der Waals surface area contributed by atoms with Gasteiger partial charge in [-0.05, 0) is 68.6 Å². The Morgan fingerprint density at radius 3 is 2.50 bits per heavy atom. The van der Waals surface area contributed by atoms with E-state index in [4.69, 9.17) is 22.6 Å². The Hall–Kier alpha value is -4.05. The Morgan fingerprint density at radius 1 is 1.18 bits per heavy atom. The second-order valence-corrected chi connectivity index (χ2v) is 10.8. The van der Waals surface area contributed by atoms with Crippen LogP contribution in [0.5, 0.6) is 0 Å². The number of anilines is 2. The third-order valence-electron chi connectivity index (χ3n) is 8.19. The third kappa shape index (κ3) is 4.00. The van der Waals surface area contributed by atoms with Gasteiger partial charge in [0.05, 0.1) is 29.0 Å². The minimum absolute atomic E-state index is 0.0553. The average Bonchev–Trinajstić information content (AvgIpc) is 3.43. The molecule has 1 saturated carbocycles. The molecule has 2 amide bonds. The highest BCUT2D eigenvalue weighted by molar-refractivity contribution is 7.81. The van der Waals surface area contributed by atoms with Crippen molar-refractivity contribution in [2.24, 2.45) is 0 Å². The lowest BCUT2D eigenvalue weighted by Crippen LogP contribution is -2.55. The van der Waals surface area contributed by atoms with Gasteiger partial charge in [0, 0.05) is 37.3 Å².